The van der Waals surface area contributed by atoms with Gasteiger partial charge in [-0.05, 0) is 18.8 Å². The molecule has 0 heterocycles. The van der Waals surface area contributed by atoms with E-state index in [1.165, 1.54) is 0 Å². The molecule has 66 valence electrons. The summed E-state index contributed by atoms with van der Waals surface area (Å²) in [6.07, 6.45) is 3.73. The molecule has 2 atom stereocenters. The summed E-state index contributed by atoms with van der Waals surface area (Å²) < 4.78 is 0. The number of Topliss-reactive ketones (excluding diaryl/α,β-unsaturated/α-hetero) is 2. The van der Waals surface area contributed by atoms with Gasteiger partial charge in [0.1, 0.15) is 11.6 Å². The summed E-state index contributed by atoms with van der Waals surface area (Å²) in [4.78, 5) is 22.7. The maximum atomic E-state index is 11.5. The third-order valence-corrected chi connectivity index (χ3v) is 3.66. The number of carbonyl (C=O) groups is 2. The van der Waals surface area contributed by atoms with Gasteiger partial charge in [-0.3, -0.25) is 9.59 Å². The molecule has 2 fully saturated rings. The highest BCUT2D eigenvalue weighted by atomic mass is 16.1. The molecule has 2 heteroatoms. The van der Waals surface area contributed by atoms with Crippen LogP contribution < -0.4 is 0 Å². The molecule has 12 heavy (non-hydrogen) atoms. The normalized spacial score (nSPS) is 41.6. The second-order valence-electron chi connectivity index (χ2n) is 4.32. The predicted octanol–water partition coefficient (Wildman–Crippen LogP) is 1.72. The summed E-state index contributed by atoms with van der Waals surface area (Å²) in [6.45, 7) is 2.04. The molecular formula is C10H14O2. The Kier molecular flexibility index (Phi) is 1.60. The maximum absolute atomic E-state index is 11.5. The Bertz CT molecular complexity index is 244. The molecule has 2 saturated carbocycles. The van der Waals surface area contributed by atoms with E-state index in [0.717, 1.165) is 12.8 Å². The molecule has 2 rings (SSSR count). The van der Waals surface area contributed by atoms with E-state index in [4.69, 9.17) is 0 Å². The van der Waals surface area contributed by atoms with E-state index >= 15 is 0 Å². The van der Waals surface area contributed by atoms with Gasteiger partial charge < -0.3 is 0 Å². The van der Waals surface area contributed by atoms with E-state index in [1.807, 2.05) is 6.92 Å². The smallest absolute Gasteiger partial charge is 0.139 e. The van der Waals surface area contributed by atoms with Gasteiger partial charge in [0, 0.05) is 24.7 Å². The van der Waals surface area contributed by atoms with Gasteiger partial charge in [0.2, 0.25) is 0 Å². The molecule has 2 nitrogen and oxygen atoms in total. The standard InChI is InChI=1S/C10H14O2/c1-10-5-4-8(11)6-7(10)2-3-9(10)12/h7H,2-6H2,1H3/t7?,10-/m1/s1. The quantitative estimate of drug-likeness (QED) is 0.549. The third-order valence-electron chi connectivity index (χ3n) is 3.66. The Labute approximate surface area is 72.3 Å². The van der Waals surface area contributed by atoms with Gasteiger partial charge >= 0.3 is 0 Å². The number of carbonyl (C=O) groups excluding carboxylic acids is 2. The van der Waals surface area contributed by atoms with Crippen molar-refractivity contribution in [2.75, 3.05) is 0 Å². The average molecular weight is 166 g/mol. The van der Waals surface area contributed by atoms with Gasteiger partial charge in [0.25, 0.3) is 0 Å². The summed E-state index contributed by atoms with van der Waals surface area (Å²) >= 11 is 0. The van der Waals surface area contributed by atoms with Crippen LogP contribution in [0.25, 0.3) is 0 Å². The van der Waals surface area contributed by atoms with Gasteiger partial charge in [0.05, 0.1) is 0 Å². The van der Waals surface area contributed by atoms with Gasteiger partial charge in [-0.1, -0.05) is 6.92 Å². The van der Waals surface area contributed by atoms with Crippen LogP contribution in [0.5, 0.6) is 0 Å². The third kappa shape index (κ3) is 0.936. The van der Waals surface area contributed by atoms with Crippen LogP contribution in [-0.4, -0.2) is 11.6 Å². The summed E-state index contributed by atoms with van der Waals surface area (Å²) in [5.74, 6) is 1.11. The molecule has 2 aliphatic carbocycles. The van der Waals surface area contributed by atoms with Crippen molar-refractivity contribution >= 4 is 11.6 Å². The van der Waals surface area contributed by atoms with Crippen LogP contribution in [0.15, 0.2) is 0 Å². The fraction of sp³-hybridized carbons (Fsp3) is 0.800. The minimum Gasteiger partial charge on any atom is -0.300 e. The minimum absolute atomic E-state index is 0.131. The molecule has 0 saturated heterocycles. The number of hydrogen-bond acceptors (Lipinski definition) is 2. The van der Waals surface area contributed by atoms with E-state index in [-0.39, 0.29) is 5.41 Å². The molecule has 0 amide bonds. The topological polar surface area (TPSA) is 34.1 Å². The monoisotopic (exact) mass is 166 g/mol. The highest BCUT2D eigenvalue weighted by Crippen LogP contribution is 2.48. The Morgan fingerprint density at radius 2 is 2.08 bits per heavy atom. The van der Waals surface area contributed by atoms with Crippen molar-refractivity contribution in [3.05, 3.63) is 0 Å². The van der Waals surface area contributed by atoms with Crippen LogP contribution in [0.4, 0.5) is 0 Å². The highest BCUT2D eigenvalue weighted by molar-refractivity contribution is 5.91. The summed E-state index contributed by atoms with van der Waals surface area (Å²) in [5, 5.41) is 0. The second kappa shape index (κ2) is 2.41. The minimum atomic E-state index is -0.131. The lowest BCUT2D eigenvalue weighted by molar-refractivity contribution is -0.131. The van der Waals surface area contributed by atoms with Crippen LogP contribution in [-0.2, 0) is 9.59 Å². The highest BCUT2D eigenvalue weighted by Gasteiger charge is 2.48. The first-order chi connectivity index (χ1) is 5.63. The molecule has 0 aliphatic heterocycles. The van der Waals surface area contributed by atoms with Crippen LogP contribution in [0, 0.1) is 11.3 Å². The fourth-order valence-electron chi connectivity index (χ4n) is 2.58. The van der Waals surface area contributed by atoms with E-state index in [1.54, 1.807) is 0 Å². The number of rotatable bonds is 0. The predicted molar refractivity (Wildman–Crippen MR) is 44.7 cm³/mol. The summed E-state index contributed by atoms with van der Waals surface area (Å²) in [6, 6.07) is 0. The Balaban J connectivity index is 2.24. The van der Waals surface area contributed by atoms with Crippen molar-refractivity contribution in [3.8, 4) is 0 Å². The molecule has 0 aromatic rings. The fourth-order valence-corrected chi connectivity index (χ4v) is 2.58. The van der Waals surface area contributed by atoms with Gasteiger partial charge in [-0.2, -0.15) is 0 Å². The Morgan fingerprint density at radius 1 is 1.33 bits per heavy atom. The molecule has 1 unspecified atom stereocenters. The summed E-state index contributed by atoms with van der Waals surface area (Å²) in [5.41, 5.74) is -0.131. The number of ketones is 2. The van der Waals surface area contributed by atoms with Crippen molar-refractivity contribution in [3.63, 3.8) is 0 Å². The van der Waals surface area contributed by atoms with E-state index in [2.05, 4.69) is 0 Å². The van der Waals surface area contributed by atoms with Crippen molar-refractivity contribution in [2.24, 2.45) is 11.3 Å². The van der Waals surface area contributed by atoms with Crippen molar-refractivity contribution in [1.29, 1.82) is 0 Å². The average Bonchev–Trinajstić information content (AvgIpc) is 2.31. The van der Waals surface area contributed by atoms with E-state index in [9.17, 15) is 9.59 Å². The van der Waals surface area contributed by atoms with Crippen molar-refractivity contribution in [1.82, 2.24) is 0 Å². The lowest BCUT2D eigenvalue weighted by atomic mass is 9.69. The zero-order valence-corrected chi connectivity index (χ0v) is 7.43. The first-order valence-corrected chi connectivity index (χ1v) is 4.68. The zero-order valence-electron chi connectivity index (χ0n) is 7.43. The van der Waals surface area contributed by atoms with Crippen LogP contribution in [0.2, 0.25) is 0 Å². The van der Waals surface area contributed by atoms with Crippen molar-refractivity contribution in [2.45, 2.75) is 39.0 Å². The van der Waals surface area contributed by atoms with Gasteiger partial charge in [0.15, 0.2) is 0 Å². The Morgan fingerprint density at radius 3 is 2.83 bits per heavy atom. The van der Waals surface area contributed by atoms with Crippen molar-refractivity contribution < 1.29 is 9.59 Å². The number of hydrogen-bond donors (Lipinski definition) is 0. The molecule has 0 radical (unpaired) electrons. The maximum Gasteiger partial charge on any atom is 0.139 e. The first kappa shape index (κ1) is 7.96. The van der Waals surface area contributed by atoms with Gasteiger partial charge in [-0.15, -0.1) is 0 Å². The van der Waals surface area contributed by atoms with Crippen LogP contribution >= 0.6 is 0 Å². The van der Waals surface area contributed by atoms with Crippen LogP contribution in [0.3, 0.4) is 0 Å². The second-order valence-corrected chi connectivity index (χ2v) is 4.32. The summed E-state index contributed by atoms with van der Waals surface area (Å²) in [7, 11) is 0. The number of fused-ring (bicyclic) bond motifs is 1. The molecule has 0 spiro atoms. The van der Waals surface area contributed by atoms with Gasteiger partial charge in [-0.25, -0.2) is 0 Å². The molecule has 0 aromatic heterocycles. The van der Waals surface area contributed by atoms with E-state index in [0.29, 0.717) is 36.7 Å². The Hall–Kier alpha value is -0.660. The lowest BCUT2D eigenvalue weighted by Crippen LogP contribution is -2.35. The molecule has 0 bridgehead atoms. The molecule has 0 aromatic carbocycles. The zero-order chi connectivity index (χ0) is 8.77. The lowest BCUT2D eigenvalue weighted by Gasteiger charge is -2.33. The molecular weight excluding hydrogens is 152 g/mol. The largest absolute Gasteiger partial charge is 0.300 e. The molecule has 0 N–H and O–H groups in total. The molecule has 2 aliphatic rings. The van der Waals surface area contributed by atoms with Crippen LogP contribution in [0.1, 0.15) is 39.0 Å². The van der Waals surface area contributed by atoms with E-state index < -0.39 is 0 Å². The SMILES string of the molecule is C[C@@]12CCC(=O)CC1CCC2=O. The first-order valence-electron chi connectivity index (χ1n) is 4.68.